The van der Waals surface area contributed by atoms with E-state index in [2.05, 4.69) is 9.97 Å². The fourth-order valence-corrected chi connectivity index (χ4v) is 2.03. The summed E-state index contributed by atoms with van der Waals surface area (Å²) in [6.07, 6.45) is 4.42. The first kappa shape index (κ1) is 11.5. The van der Waals surface area contributed by atoms with Crippen molar-refractivity contribution in [2.45, 2.75) is 6.92 Å². The molecule has 0 aliphatic heterocycles. The van der Waals surface area contributed by atoms with Crippen molar-refractivity contribution in [3.05, 3.63) is 54.2 Å². The summed E-state index contributed by atoms with van der Waals surface area (Å²) in [5.41, 5.74) is 0.956. The lowest BCUT2D eigenvalue weighted by molar-refractivity contribution is 0.101. The van der Waals surface area contributed by atoms with Crippen LogP contribution in [0.3, 0.4) is 0 Å². The maximum atomic E-state index is 13.3. The van der Waals surface area contributed by atoms with Crippen LogP contribution in [0.2, 0.25) is 0 Å². The van der Waals surface area contributed by atoms with Gasteiger partial charge < -0.3 is 0 Å². The molecule has 0 atom stereocenters. The van der Waals surface area contributed by atoms with Crippen LogP contribution in [0.25, 0.3) is 16.9 Å². The van der Waals surface area contributed by atoms with E-state index >= 15 is 0 Å². The Morgan fingerprint density at radius 1 is 1.32 bits per heavy atom. The van der Waals surface area contributed by atoms with Crippen LogP contribution in [-0.2, 0) is 0 Å². The number of nitrogens with zero attached hydrogens (tertiary/aromatic N) is 3. The smallest absolute Gasteiger partial charge is 0.162 e. The molecule has 0 radical (unpaired) electrons. The van der Waals surface area contributed by atoms with Gasteiger partial charge in [-0.2, -0.15) is 0 Å². The molecule has 0 aliphatic rings. The molecule has 3 heterocycles. The fourth-order valence-electron chi connectivity index (χ4n) is 2.03. The SMILES string of the molecule is CC(=O)c1cn(-c2ccccn2)c2ncc(F)cc12. The zero-order chi connectivity index (χ0) is 13.4. The number of ketones is 1. The van der Waals surface area contributed by atoms with Crippen LogP contribution in [0.5, 0.6) is 0 Å². The average molecular weight is 255 g/mol. The molecule has 3 aromatic rings. The van der Waals surface area contributed by atoms with E-state index < -0.39 is 5.82 Å². The first-order valence-corrected chi connectivity index (χ1v) is 5.76. The van der Waals surface area contributed by atoms with Gasteiger partial charge in [-0.1, -0.05) is 6.07 Å². The Morgan fingerprint density at radius 2 is 2.16 bits per heavy atom. The molecule has 0 aliphatic carbocycles. The molecule has 0 spiro atoms. The van der Waals surface area contributed by atoms with Gasteiger partial charge in [0.05, 0.1) is 6.20 Å². The Kier molecular flexibility index (Phi) is 2.59. The van der Waals surface area contributed by atoms with E-state index in [-0.39, 0.29) is 5.78 Å². The van der Waals surface area contributed by atoms with Gasteiger partial charge in [-0.15, -0.1) is 0 Å². The van der Waals surface area contributed by atoms with Gasteiger partial charge in [0, 0.05) is 23.3 Å². The molecule has 3 aromatic heterocycles. The molecule has 94 valence electrons. The number of carbonyl (C=O) groups is 1. The number of pyridine rings is 2. The zero-order valence-corrected chi connectivity index (χ0v) is 10.2. The molecule has 0 fully saturated rings. The average Bonchev–Trinajstić information content (AvgIpc) is 2.78. The lowest BCUT2D eigenvalue weighted by Gasteiger charge is -2.02. The van der Waals surface area contributed by atoms with Gasteiger partial charge in [-0.05, 0) is 25.1 Å². The number of fused-ring (bicyclic) bond motifs is 1. The van der Waals surface area contributed by atoms with Crippen molar-refractivity contribution in [2.75, 3.05) is 0 Å². The second-order valence-corrected chi connectivity index (χ2v) is 4.18. The molecule has 3 rings (SSSR count). The summed E-state index contributed by atoms with van der Waals surface area (Å²) in [5, 5.41) is 0.498. The number of hydrogen-bond acceptors (Lipinski definition) is 3. The summed E-state index contributed by atoms with van der Waals surface area (Å²) in [6, 6.07) is 6.76. The van der Waals surface area contributed by atoms with Crippen LogP contribution in [0.15, 0.2) is 42.9 Å². The molecule has 5 heteroatoms. The Morgan fingerprint density at radius 3 is 2.84 bits per heavy atom. The predicted octanol–water partition coefficient (Wildman–Crippen LogP) is 2.76. The molecule has 0 bridgehead atoms. The maximum Gasteiger partial charge on any atom is 0.162 e. The van der Waals surface area contributed by atoms with Gasteiger partial charge in [-0.3, -0.25) is 9.36 Å². The molecule has 19 heavy (non-hydrogen) atoms. The highest BCUT2D eigenvalue weighted by Crippen LogP contribution is 2.23. The molecule has 0 saturated heterocycles. The normalized spacial score (nSPS) is 10.8. The van der Waals surface area contributed by atoms with E-state index in [1.54, 1.807) is 29.1 Å². The van der Waals surface area contributed by atoms with E-state index in [0.29, 0.717) is 22.4 Å². The largest absolute Gasteiger partial charge is 0.294 e. The van der Waals surface area contributed by atoms with Gasteiger partial charge in [-0.25, -0.2) is 14.4 Å². The summed E-state index contributed by atoms with van der Waals surface area (Å²) in [4.78, 5) is 19.9. The monoisotopic (exact) mass is 255 g/mol. The summed E-state index contributed by atoms with van der Waals surface area (Å²) in [5.74, 6) is 0.0416. The minimum atomic E-state index is -0.464. The van der Waals surface area contributed by atoms with Crippen LogP contribution in [0.4, 0.5) is 4.39 Å². The van der Waals surface area contributed by atoms with E-state index in [1.807, 2.05) is 6.07 Å². The van der Waals surface area contributed by atoms with Gasteiger partial charge in [0.1, 0.15) is 17.3 Å². The van der Waals surface area contributed by atoms with Gasteiger partial charge in [0.2, 0.25) is 0 Å². The lowest BCUT2D eigenvalue weighted by Crippen LogP contribution is -1.96. The molecule has 4 nitrogen and oxygen atoms in total. The Hall–Kier alpha value is -2.56. The van der Waals surface area contributed by atoms with Crippen LogP contribution in [-0.4, -0.2) is 20.3 Å². The number of rotatable bonds is 2. The first-order valence-electron chi connectivity index (χ1n) is 5.76. The second-order valence-electron chi connectivity index (χ2n) is 4.18. The highest BCUT2D eigenvalue weighted by atomic mass is 19.1. The number of carbonyl (C=O) groups excluding carboxylic acids is 1. The molecule has 0 amide bonds. The molecular formula is C14H10FN3O. The van der Waals surface area contributed by atoms with E-state index in [4.69, 9.17) is 0 Å². The van der Waals surface area contributed by atoms with Crippen LogP contribution in [0.1, 0.15) is 17.3 Å². The van der Waals surface area contributed by atoms with Gasteiger partial charge >= 0.3 is 0 Å². The Labute approximate surface area is 108 Å². The predicted molar refractivity (Wildman–Crippen MR) is 68.8 cm³/mol. The Bertz CT molecular complexity index is 765. The van der Waals surface area contributed by atoms with Crippen molar-refractivity contribution in [3.8, 4) is 5.82 Å². The topological polar surface area (TPSA) is 47.8 Å². The van der Waals surface area contributed by atoms with Crippen molar-refractivity contribution in [1.29, 1.82) is 0 Å². The number of aromatic nitrogens is 3. The van der Waals surface area contributed by atoms with Gasteiger partial charge in [0.25, 0.3) is 0 Å². The molecule has 0 saturated carbocycles. The summed E-state index contributed by atoms with van der Waals surface area (Å²) in [6.45, 7) is 1.45. The minimum Gasteiger partial charge on any atom is -0.294 e. The van der Waals surface area contributed by atoms with Crippen molar-refractivity contribution in [3.63, 3.8) is 0 Å². The third kappa shape index (κ3) is 1.89. The van der Waals surface area contributed by atoms with Crippen molar-refractivity contribution >= 4 is 16.8 Å². The van der Waals surface area contributed by atoms with Crippen molar-refractivity contribution < 1.29 is 9.18 Å². The summed E-state index contributed by atoms with van der Waals surface area (Å²) < 4.78 is 15.0. The Balaban J connectivity index is 2.35. The quantitative estimate of drug-likeness (QED) is 0.661. The third-order valence-electron chi connectivity index (χ3n) is 2.89. The van der Waals surface area contributed by atoms with Crippen LogP contribution >= 0.6 is 0 Å². The van der Waals surface area contributed by atoms with Gasteiger partial charge in [0.15, 0.2) is 5.78 Å². The molecule has 0 N–H and O–H groups in total. The number of Topliss-reactive ketones (excluding diaryl/α,β-unsaturated/α-hetero) is 1. The van der Waals surface area contributed by atoms with Crippen LogP contribution < -0.4 is 0 Å². The minimum absolute atomic E-state index is 0.132. The first-order chi connectivity index (χ1) is 9.16. The van der Waals surface area contributed by atoms with E-state index in [1.165, 1.54) is 13.0 Å². The second kappa shape index (κ2) is 4.28. The fraction of sp³-hybridized carbons (Fsp3) is 0.0714. The highest BCUT2D eigenvalue weighted by Gasteiger charge is 2.15. The van der Waals surface area contributed by atoms with E-state index in [0.717, 1.165) is 6.20 Å². The molecule has 0 unspecified atom stereocenters. The third-order valence-corrected chi connectivity index (χ3v) is 2.89. The van der Waals surface area contributed by atoms with E-state index in [9.17, 15) is 9.18 Å². The summed E-state index contributed by atoms with van der Waals surface area (Å²) >= 11 is 0. The number of halogens is 1. The maximum absolute atomic E-state index is 13.3. The zero-order valence-electron chi connectivity index (χ0n) is 10.2. The molecular weight excluding hydrogens is 245 g/mol. The van der Waals surface area contributed by atoms with Crippen molar-refractivity contribution in [2.24, 2.45) is 0 Å². The lowest BCUT2D eigenvalue weighted by atomic mass is 10.1. The van der Waals surface area contributed by atoms with Crippen molar-refractivity contribution in [1.82, 2.24) is 14.5 Å². The standard InChI is InChI=1S/C14H10FN3O/c1-9(19)12-8-18(13-4-2-3-5-16-13)14-11(12)6-10(15)7-17-14/h2-8H,1H3. The summed E-state index contributed by atoms with van der Waals surface area (Å²) in [7, 11) is 0. The molecule has 0 aromatic carbocycles. The highest BCUT2D eigenvalue weighted by molar-refractivity contribution is 6.06. The number of hydrogen-bond donors (Lipinski definition) is 0. The van der Waals surface area contributed by atoms with Crippen LogP contribution in [0, 0.1) is 5.82 Å².